The molecule has 2 aromatic heterocycles. The highest BCUT2D eigenvalue weighted by molar-refractivity contribution is 7.20. The molecule has 0 spiro atoms. The van der Waals surface area contributed by atoms with Crippen molar-refractivity contribution >= 4 is 44.8 Å². The predicted molar refractivity (Wildman–Crippen MR) is 113 cm³/mol. The first-order valence-electron chi connectivity index (χ1n) is 9.04. The first-order valence-corrected chi connectivity index (χ1v) is 9.86. The lowest BCUT2D eigenvalue weighted by molar-refractivity contribution is -0.384. The third-order valence-electron chi connectivity index (χ3n) is 4.37. The SMILES string of the molecule is CCOC(=O)c1sc2ncn(CC(=O)Nc3ccc(OC)cc3[N+](=O)[O-])c(=O)c2c1C. The van der Waals surface area contributed by atoms with E-state index in [0.717, 1.165) is 15.9 Å². The van der Waals surface area contributed by atoms with E-state index in [9.17, 15) is 24.5 Å². The molecule has 0 fully saturated rings. The van der Waals surface area contributed by atoms with Gasteiger partial charge >= 0.3 is 5.97 Å². The fraction of sp³-hybridized carbons (Fsp3) is 0.263. The summed E-state index contributed by atoms with van der Waals surface area (Å²) < 4.78 is 11.0. The van der Waals surface area contributed by atoms with Gasteiger partial charge in [0.25, 0.3) is 11.2 Å². The molecule has 0 aliphatic heterocycles. The highest BCUT2D eigenvalue weighted by Gasteiger charge is 2.22. The number of esters is 1. The number of carbonyl (C=O) groups is 2. The summed E-state index contributed by atoms with van der Waals surface area (Å²) in [6, 6.07) is 3.99. The van der Waals surface area contributed by atoms with Crippen LogP contribution < -0.4 is 15.6 Å². The maximum atomic E-state index is 12.9. The second kappa shape index (κ2) is 8.92. The summed E-state index contributed by atoms with van der Waals surface area (Å²) >= 11 is 1.04. The zero-order valence-corrected chi connectivity index (χ0v) is 17.6. The van der Waals surface area contributed by atoms with Crippen molar-refractivity contribution in [2.75, 3.05) is 19.0 Å². The first-order chi connectivity index (χ1) is 14.8. The highest BCUT2D eigenvalue weighted by atomic mass is 32.1. The summed E-state index contributed by atoms with van der Waals surface area (Å²) in [5, 5.41) is 13.9. The van der Waals surface area contributed by atoms with E-state index in [0.29, 0.717) is 10.4 Å². The van der Waals surface area contributed by atoms with Crippen LogP contribution in [0.3, 0.4) is 0 Å². The molecule has 1 N–H and O–H groups in total. The van der Waals surface area contributed by atoms with Crippen LogP contribution in [0.15, 0.2) is 29.3 Å². The van der Waals surface area contributed by atoms with Crippen LogP contribution in [0.25, 0.3) is 10.2 Å². The number of carbonyl (C=O) groups excluding carboxylic acids is 2. The first kappa shape index (κ1) is 21.9. The minimum absolute atomic E-state index is 0.0332. The van der Waals surface area contributed by atoms with Crippen molar-refractivity contribution in [3.63, 3.8) is 0 Å². The van der Waals surface area contributed by atoms with Gasteiger partial charge in [-0.15, -0.1) is 11.3 Å². The van der Waals surface area contributed by atoms with Gasteiger partial charge < -0.3 is 14.8 Å². The number of aryl methyl sites for hydroxylation is 1. The van der Waals surface area contributed by atoms with Gasteiger partial charge in [-0.3, -0.25) is 24.3 Å². The molecule has 31 heavy (non-hydrogen) atoms. The lowest BCUT2D eigenvalue weighted by Gasteiger charge is -2.09. The number of nitro benzene ring substituents is 1. The van der Waals surface area contributed by atoms with Gasteiger partial charge in [0.05, 0.1) is 36.4 Å². The topological polar surface area (TPSA) is 143 Å². The molecule has 162 valence electrons. The number of hydrogen-bond donors (Lipinski definition) is 1. The van der Waals surface area contributed by atoms with E-state index in [1.165, 1.54) is 31.6 Å². The quantitative estimate of drug-likeness (QED) is 0.331. The number of methoxy groups -OCH3 is 1. The highest BCUT2D eigenvalue weighted by Crippen LogP contribution is 2.29. The lowest BCUT2D eigenvalue weighted by Crippen LogP contribution is -2.28. The number of nitrogens with zero attached hydrogens (tertiary/aromatic N) is 3. The zero-order chi connectivity index (χ0) is 22.7. The van der Waals surface area contributed by atoms with E-state index in [4.69, 9.17) is 9.47 Å². The molecule has 0 aliphatic rings. The fourth-order valence-electron chi connectivity index (χ4n) is 2.90. The standard InChI is InChI=1S/C19H18N4O7S/c1-4-30-19(26)16-10(2)15-17(31-16)20-9-22(18(15)25)8-14(24)21-12-6-5-11(29-3)7-13(12)23(27)28/h5-7,9H,4,8H2,1-3H3,(H,21,24). The molecule has 0 saturated heterocycles. The van der Waals surface area contributed by atoms with Crippen LogP contribution in [0.2, 0.25) is 0 Å². The van der Waals surface area contributed by atoms with Gasteiger partial charge in [-0.25, -0.2) is 9.78 Å². The van der Waals surface area contributed by atoms with E-state index in [2.05, 4.69) is 10.3 Å². The molecule has 11 nitrogen and oxygen atoms in total. The van der Waals surface area contributed by atoms with Crippen LogP contribution >= 0.6 is 11.3 Å². The molecule has 0 bridgehead atoms. The normalized spacial score (nSPS) is 10.7. The monoisotopic (exact) mass is 446 g/mol. The minimum atomic E-state index is -0.657. The number of nitrogens with one attached hydrogen (secondary N) is 1. The minimum Gasteiger partial charge on any atom is -0.496 e. The number of aromatic nitrogens is 2. The Kier molecular flexibility index (Phi) is 6.30. The summed E-state index contributed by atoms with van der Waals surface area (Å²) in [5.74, 6) is -0.936. The number of benzene rings is 1. The molecule has 0 unspecified atom stereocenters. The van der Waals surface area contributed by atoms with Crippen molar-refractivity contribution in [1.29, 1.82) is 0 Å². The lowest BCUT2D eigenvalue weighted by atomic mass is 10.2. The Morgan fingerprint density at radius 3 is 2.74 bits per heavy atom. The third kappa shape index (κ3) is 4.38. The Hall–Kier alpha value is -3.80. The second-order valence-corrected chi connectivity index (χ2v) is 7.32. The van der Waals surface area contributed by atoms with Crippen molar-refractivity contribution in [1.82, 2.24) is 9.55 Å². The smallest absolute Gasteiger partial charge is 0.348 e. The van der Waals surface area contributed by atoms with Crippen molar-refractivity contribution in [2.24, 2.45) is 0 Å². The van der Waals surface area contributed by atoms with Crippen LogP contribution in [0.1, 0.15) is 22.2 Å². The van der Waals surface area contributed by atoms with Gasteiger partial charge in [-0.2, -0.15) is 0 Å². The summed E-state index contributed by atoms with van der Waals surface area (Å²) in [6.45, 7) is 3.06. The maximum Gasteiger partial charge on any atom is 0.348 e. The molecule has 0 saturated carbocycles. The number of fused-ring (bicyclic) bond motifs is 1. The molecular weight excluding hydrogens is 428 g/mol. The molecule has 3 aromatic rings. The van der Waals surface area contributed by atoms with Crippen LogP contribution in [-0.2, 0) is 16.1 Å². The van der Waals surface area contributed by atoms with Gasteiger partial charge in [0.2, 0.25) is 5.91 Å². The van der Waals surface area contributed by atoms with Gasteiger partial charge in [0, 0.05) is 0 Å². The van der Waals surface area contributed by atoms with E-state index < -0.39 is 28.9 Å². The molecule has 0 aliphatic carbocycles. The largest absolute Gasteiger partial charge is 0.496 e. The van der Waals surface area contributed by atoms with Crippen LogP contribution in [0.4, 0.5) is 11.4 Å². The van der Waals surface area contributed by atoms with Crippen LogP contribution in [0.5, 0.6) is 5.75 Å². The Bertz CT molecular complexity index is 1250. The average molecular weight is 446 g/mol. The van der Waals surface area contributed by atoms with E-state index in [1.54, 1.807) is 13.8 Å². The average Bonchev–Trinajstić information content (AvgIpc) is 3.07. The number of amides is 1. The van der Waals surface area contributed by atoms with Gasteiger partial charge in [0.1, 0.15) is 27.7 Å². The summed E-state index contributed by atoms with van der Waals surface area (Å²) in [4.78, 5) is 52.8. The molecule has 12 heteroatoms. The van der Waals surface area contributed by atoms with Crippen LogP contribution in [0, 0.1) is 17.0 Å². The van der Waals surface area contributed by atoms with Crippen molar-refractivity contribution in [3.05, 3.63) is 55.4 Å². The number of thiophene rings is 1. The molecule has 3 rings (SSSR count). The van der Waals surface area contributed by atoms with E-state index in [1.807, 2.05) is 0 Å². The Labute approximate surface area is 179 Å². The second-order valence-electron chi connectivity index (χ2n) is 6.32. The summed E-state index contributed by atoms with van der Waals surface area (Å²) in [7, 11) is 1.37. The summed E-state index contributed by atoms with van der Waals surface area (Å²) in [6.07, 6.45) is 1.19. The van der Waals surface area contributed by atoms with E-state index >= 15 is 0 Å². The number of hydrogen-bond acceptors (Lipinski definition) is 9. The number of anilines is 1. The van der Waals surface area contributed by atoms with Crippen molar-refractivity contribution in [2.45, 2.75) is 20.4 Å². The fourth-order valence-corrected chi connectivity index (χ4v) is 3.94. The zero-order valence-electron chi connectivity index (χ0n) is 16.8. The van der Waals surface area contributed by atoms with E-state index in [-0.39, 0.29) is 34.0 Å². The number of ether oxygens (including phenoxy) is 2. The third-order valence-corrected chi connectivity index (χ3v) is 5.55. The molecule has 0 radical (unpaired) electrons. The van der Waals surface area contributed by atoms with Crippen molar-refractivity contribution in [3.8, 4) is 5.75 Å². The van der Waals surface area contributed by atoms with Gasteiger partial charge in [-0.05, 0) is 31.5 Å². The Balaban J connectivity index is 1.89. The maximum absolute atomic E-state index is 12.9. The summed E-state index contributed by atoms with van der Waals surface area (Å²) in [5.41, 5.74) is -0.458. The predicted octanol–water partition coefficient (Wildman–Crippen LogP) is 2.50. The number of rotatable bonds is 7. The molecule has 1 aromatic carbocycles. The molecular formula is C19H18N4O7S. The van der Waals surface area contributed by atoms with Crippen molar-refractivity contribution < 1.29 is 24.0 Å². The molecule has 1 amide bonds. The Morgan fingerprint density at radius 1 is 1.35 bits per heavy atom. The van der Waals surface area contributed by atoms with Gasteiger partial charge in [0.15, 0.2) is 0 Å². The van der Waals surface area contributed by atoms with Crippen LogP contribution in [-0.4, -0.2) is 40.1 Å². The molecule has 2 heterocycles. The van der Waals surface area contributed by atoms with Gasteiger partial charge in [-0.1, -0.05) is 0 Å². The molecule has 0 atom stereocenters. The number of nitro groups is 1. The Morgan fingerprint density at radius 2 is 2.10 bits per heavy atom.